The van der Waals surface area contributed by atoms with E-state index in [2.05, 4.69) is 0 Å². The summed E-state index contributed by atoms with van der Waals surface area (Å²) in [4.78, 5) is 11.5. The third-order valence-electron chi connectivity index (χ3n) is 1.85. The molecule has 0 amide bonds. The number of rotatable bonds is 3. The second-order valence-corrected chi connectivity index (χ2v) is 2.67. The van der Waals surface area contributed by atoms with Crippen LogP contribution in [0.5, 0.6) is 0 Å². The standard InChI is InChI=1S/C9H14N2O/c1-2-8-4-3-6-11(7-5-10)9(8)12/h3-4,6H,2,5,7,10H2,1H3. The molecule has 0 unspecified atom stereocenters. The van der Waals surface area contributed by atoms with Crippen LogP contribution in [0.4, 0.5) is 0 Å². The van der Waals surface area contributed by atoms with Crippen LogP contribution in [0, 0.1) is 0 Å². The minimum atomic E-state index is 0.0884. The van der Waals surface area contributed by atoms with Crippen molar-refractivity contribution in [3.05, 3.63) is 34.2 Å². The molecule has 0 aliphatic heterocycles. The lowest BCUT2D eigenvalue weighted by Gasteiger charge is -2.04. The molecule has 0 spiro atoms. The van der Waals surface area contributed by atoms with E-state index in [1.54, 1.807) is 10.8 Å². The zero-order valence-corrected chi connectivity index (χ0v) is 7.29. The Hall–Kier alpha value is -1.09. The lowest BCUT2D eigenvalue weighted by molar-refractivity contribution is 0.673. The summed E-state index contributed by atoms with van der Waals surface area (Å²) in [6.07, 6.45) is 2.55. The molecule has 0 aliphatic carbocycles. The van der Waals surface area contributed by atoms with Gasteiger partial charge in [-0.2, -0.15) is 0 Å². The molecule has 0 atom stereocenters. The molecule has 0 saturated carbocycles. The Bertz CT molecular complexity index is 304. The average molecular weight is 166 g/mol. The van der Waals surface area contributed by atoms with Gasteiger partial charge in [0.05, 0.1) is 0 Å². The summed E-state index contributed by atoms with van der Waals surface area (Å²) in [5, 5.41) is 0. The van der Waals surface area contributed by atoms with Gasteiger partial charge in [-0.25, -0.2) is 0 Å². The van der Waals surface area contributed by atoms with E-state index in [0.29, 0.717) is 13.1 Å². The van der Waals surface area contributed by atoms with Crippen LogP contribution in [-0.4, -0.2) is 11.1 Å². The molecule has 66 valence electrons. The summed E-state index contributed by atoms with van der Waals surface area (Å²) in [5.41, 5.74) is 6.30. The highest BCUT2D eigenvalue weighted by molar-refractivity contribution is 5.09. The van der Waals surface area contributed by atoms with Gasteiger partial charge >= 0.3 is 0 Å². The van der Waals surface area contributed by atoms with Gasteiger partial charge in [-0.1, -0.05) is 13.0 Å². The summed E-state index contributed by atoms with van der Waals surface area (Å²) in [6.45, 7) is 3.09. The first-order chi connectivity index (χ1) is 5.79. The van der Waals surface area contributed by atoms with Crippen LogP contribution < -0.4 is 11.3 Å². The molecule has 0 aromatic carbocycles. The summed E-state index contributed by atoms with van der Waals surface area (Å²) in [7, 11) is 0. The summed E-state index contributed by atoms with van der Waals surface area (Å²) in [6, 6.07) is 3.74. The molecule has 0 saturated heterocycles. The van der Waals surface area contributed by atoms with E-state index in [9.17, 15) is 4.79 Å². The van der Waals surface area contributed by atoms with Gasteiger partial charge in [-0.15, -0.1) is 0 Å². The molecule has 1 aromatic rings. The molecule has 1 heterocycles. The van der Waals surface area contributed by atoms with Gasteiger partial charge in [0, 0.05) is 24.8 Å². The van der Waals surface area contributed by atoms with Crippen LogP contribution >= 0.6 is 0 Å². The minimum absolute atomic E-state index is 0.0884. The van der Waals surface area contributed by atoms with Gasteiger partial charge in [0.25, 0.3) is 5.56 Å². The van der Waals surface area contributed by atoms with Crippen LogP contribution in [0.15, 0.2) is 23.1 Å². The second-order valence-electron chi connectivity index (χ2n) is 2.67. The highest BCUT2D eigenvalue weighted by Crippen LogP contribution is 1.91. The van der Waals surface area contributed by atoms with Crippen LogP contribution in [0.2, 0.25) is 0 Å². The number of pyridine rings is 1. The first-order valence-electron chi connectivity index (χ1n) is 4.18. The lowest BCUT2D eigenvalue weighted by atomic mass is 10.2. The maximum atomic E-state index is 11.5. The monoisotopic (exact) mass is 166 g/mol. The Morgan fingerprint density at radius 1 is 1.58 bits per heavy atom. The molecular formula is C9H14N2O. The van der Waals surface area contributed by atoms with Crippen molar-refractivity contribution in [1.82, 2.24) is 4.57 Å². The molecule has 2 N–H and O–H groups in total. The Morgan fingerprint density at radius 2 is 2.33 bits per heavy atom. The van der Waals surface area contributed by atoms with Gasteiger partial charge in [0.1, 0.15) is 0 Å². The van der Waals surface area contributed by atoms with Crippen molar-refractivity contribution in [2.45, 2.75) is 19.9 Å². The fraction of sp³-hybridized carbons (Fsp3) is 0.444. The first kappa shape index (κ1) is 9.00. The second kappa shape index (κ2) is 4.07. The van der Waals surface area contributed by atoms with E-state index >= 15 is 0 Å². The molecule has 12 heavy (non-hydrogen) atoms. The largest absolute Gasteiger partial charge is 0.329 e. The normalized spacial score (nSPS) is 10.2. The fourth-order valence-electron chi connectivity index (χ4n) is 1.17. The van der Waals surface area contributed by atoms with Crippen LogP contribution in [0.3, 0.4) is 0 Å². The van der Waals surface area contributed by atoms with Crippen molar-refractivity contribution in [2.75, 3.05) is 6.54 Å². The number of aromatic nitrogens is 1. The van der Waals surface area contributed by atoms with Gasteiger partial charge in [-0.05, 0) is 12.5 Å². The van der Waals surface area contributed by atoms with E-state index in [-0.39, 0.29) is 5.56 Å². The summed E-state index contributed by atoms with van der Waals surface area (Å²) < 4.78 is 1.65. The lowest BCUT2D eigenvalue weighted by Crippen LogP contribution is -2.25. The van der Waals surface area contributed by atoms with Crippen molar-refractivity contribution in [3.8, 4) is 0 Å². The number of nitrogens with two attached hydrogens (primary N) is 1. The Labute approximate surface area is 71.8 Å². The maximum Gasteiger partial charge on any atom is 0.253 e. The number of hydrogen-bond acceptors (Lipinski definition) is 2. The Morgan fingerprint density at radius 3 is 2.92 bits per heavy atom. The molecule has 0 bridgehead atoms. The van der Waals surface area contributed by atoms with Crippen molar-refractivity contribution < 1.29 is 0 Å². The Balaban J connectivity index is 3.06. The van der Waals surface area contributed by atoms with E-state index in [4.69, 9.17) is 5.73 Å². The van der Waals surface area contributed by atoms with Crippen molar-refractivity contribution in [3.63, 3.8) is 0 Å². The zero-order chi connectivity index (χ0) is 8.97. The third kappa shape index (κ3) is 1.74. The SMILES string of the molecule is CCc1cccn(CCN)c1=O. The molecule has 3 nitrogen and oxygen atoms in total. The van der Waals surface area contributed by atoms with E-state index in [0.717, 1.165) is 12.0 Å². The maximum absolute atomic E-state index is 11.5. The smallest absolute Gasteiger partial charge is 0.253 e. The quantitative estimate of drug-likeness (QED) is 0.705. The number of nitrogens with zero attached hydrogens (tertiary/aromatic N) is 1. The van der Waals surface area contributed by atoms with Gasteiger partial charge < -0.3 is 10.3 Å². The Kier molecular flexibility index (Phi) is 3.05. The van der Waals surface area contributed by atoms with Gasteiger partial charge in [-0.3, -0.25) is 4.79 Å². The minimum Gasteiger partial charge on any atom is -0.329 e. The molecular weight excluding hydrogens is 152 g/mol. The van der Waals surface area contributed by atoms with Crippen molar-refractivity contribution >= 4 is 0 Å². The van der Waals surface area contributed by atoms with E-state index < -0.39 is 0 Å². The predicted octanol–water partition coefficient (Wildman–Crippen LogP) is 0.369. The van der Waals surface area contributed by atoms with Crippen LogP contribution in [-0.2, 0) is 13.0 Å². The molecule has 3 heteroatoms. The van der Waals surface area contributed by atoms with Gasteiger partial charge in [0.2, 0.25) is 0 Å². The highest BCUT2D eigenvalue weighted by Gasteiger charge is 1.98. The summed E-state index contributed by atoms with van der Waals surface area (Å²) >= 11 is 0. The first-order valence-corrected chi connectivity index (χ1v) is 4.18. The fourth-order valence-corrected chi connectivity index (χ4v) is 1.17. The molecule has 0 fully saturated rings. The third-order valence-corrected chi connectivity index (χ3v) is 1.85. The number of aryl methyl sites for hydroxylation is 1. The molecule has 0 radical (unpaired) electrons. The molecule has 1 aromatic heterocycles. The number of hydrogen-bond donors (Lipinski definition) is 1. The summed E-state index contributed by atoms with van der Waals surface area (Å²) in [5.74, 6) is 0. The molecule has 1 rings (SSSR count). The highest BCUT2D eigenvalue weighted by atomic mass is 16.1. The zero-order valence-electron chi connectivity index (χ0n) is 7.29. The predicted molar refractivity (Wildman–Crippen MR) is 49.1 cm³/mol. The van der Waals surface area contributed by atoms with E-state index in [1.165, 1.54) is 0 Å². The van der Waals surface area contributed by atoms with Crippen LogP contribution in [0.1, 0.15) is 12.5 Å². The van der Waals surface area contributed by atoms with E-state index in [1.807, 2.05) is 19.1 Å². The van der Waals surface area contributed by atoms with Crippen molar-refractivity contribution in [1.29, 1.82) is 0 Å². The molecule has 0 aliphatic rings. The van der Waals surface area contributed by atoms with Crippen molar-refractivity contribution in [2.24, 2.45) is 5.73 Å². The topological polar surface area (TPSA) is 48.0 Å². The average Bonchev–Trinajstić information content (AvgIpc) is 2.09. The van der Waals surface area contributed by atoms with Crippen LogP contribution in [0.25, 0.3) is 0 Å². The van der Waals surface area contributed by atoms with Gasteiger partial charge in [0.15, 0.2) is 0 Å².